The van der Waals surface area contributed by atoms with Crippen molar-refractivity contribution in [2.24, 2.45) is 5.73 Å². The molecule has 1 rings (SSSR count). The number of aromatic nitrogens is 1. The minimum atomic E-state index is -0.415. The monoisotopic (exact) mass is 192 g/mol. The zero-order valence-electron chi connectivity index (χ0n) is 8.87. The number of nitrogens with zero attached hydrogens (tertiary/aromatic N) is 1. The number of carbonyl (C=O) groups excluding carboxylic acids is 1. The Kier molecular flexibility index (Phi) is 3.23. The molecule has 3 nitrogen and oxygen atoms in total. The van der Waals surface area contributed by atoms with Crippen molar-refractivity contribution < 1.29 is 4.79 Å². The molecule has 0 aromatic carbocycles. The lowest BCUT2D eigenvalue weighted by Crippen LogP contribution is -2.12. The predicted molar refractivity (Wildman–Crippen MR) is 56.2 cm³/mol. The maximum atomic E-state index is 11.0. The average molecular weight is 192 g/mol. The Bertz CT molecular complexity index is 347. The second-order valence-electron chi connectivity index (χ2n) is 3.57. The number of carbonyl (C=O) groups is 1. The van der Waals surface area contributed by atoms with Crippen molar-refractivity contribution in [3.63, 3.8) is 0 Å². The molecule has 0 aliphatic heterocycles. The van der Waals surface area contributed by atoms with Crippen LogP contribution in [-0.4, -0.2) is 10.9 Å². The number of hydrogen-bond acceptors (Lipinski definition) is 2. The van der Waals surface area contributed by atoms with Crippen LogP contribution in [0.4, 0.5) is 0 Å². The minimum absolute atomic E-state index is 0.415. The Labute approximate surface area is 84.3 Å². The van der Waals surface area contributed by atoms with Crippen LogP contribution >= 0.6 is 0 Å². The van der Waals surface area contributed by atoms with Gasteiger partial charge in [0.2, 0.25) is 5.91 Å². The number of amides is 1. The molecule has 3 heteroatoms. The van der Waals surface area contributed by atoms with Crippen LogP contribution in [0.25, 0.3) is 0 Å². The lowest BCUT2D eigenvalue weighted by atomic mass is 9.96. The Morgan fingerprint density at radius 1 is 1.64 bits per heavy atom. The number of nitrogens with two attached hydrogens (primary N) is 1. The van der Waals surface area contributed by atoms with Gasteiger partial charge in [0.15, 0.2) is 0 Å². The zero-order valence-corrected chi connectivity index (χ0v) is 8.87. The van der Waals surface area contributed by atoms with Gasteiger partial charge in [0, 0.05) is 11.9 Å². The molecule has 0 aliphatic rings. The molecule has 1 heterocycles. The maximum Gasteiger partial charge on any atom is 0.250 e. The van der Waals surface area contributed by atoms with Crippen LogP contribution in [0.15, 0.2) is 12.3 Å². The Morgan fingerprint density at radius 2 is 2.29 bits per heavy atom. The number of hydrogen-bond donors (Lipinski definition) is 1. The maximum absolute atomic E-state index is 11.0. The molecule has 1 unspecified atom stereocenters. The van der Waals surface area contributed by atoms with E-state index in [9.17, 15) is 4.79 Å². The van der Waals surface area contributed by atoms with Crippen LogP contribution in [0.3, 0.4) is 0 Å². The van der Waals surface area contributed by atoms with Crippen LogP contribution in [-0.2, 0) is 0 Å². The largest absolute Gasteiger partial charge is 0.366 e. The van der Waals surface area contributed by atoms with Crippen molar-refractivity contribution in [3.8, 4) is 0 Å². The van der Waals surface area contributed by atoms with Gasteiger partial charge in [-0.1, -0.05) is 13.8 Å². The van der Waals surface area contributed by atoms with E-state index in [-0.39, 0.29) is 0 Å². The fourth-order valence-corrected chi connectivity index (χ4v) is 1.40. The minimum Gasteiger partial charge on any atom is -0.366 e. The van der Waals surface area contributed by atoms with Gasteiger partial charge in [-0.2, -0.15) is 0 Å². The second-order valence-corrected chi connectivity index (χ2v) is 3.57. The normalized spacial score (nSPS) is 12.5. The molecule has 14 heavy (non-hydrogen) atoms. The van der Waals surface area contributed by atoms with E-state index in [4.69, 9.17) is 5.73 Å². The molecule has 0 aliphatic carbocycles. The average Bonchev–Trinajstić information content (AvgIpc) is 2.17. The molecule has 0 saturated heterocycles. The highest BCUT2D eigenvalue weighted by atomic mass is 16.1. The predicted octanol–water partition coefficient (Wildman–Crippen LogP) is 2.00. The fraction of sp³-hybridized carbons (Fsp3) is 0.455. The highest BCUT2D eigenvalue weighted by Crippen LogP contribution is 2.21. The molecule has 1 atom stereocenters. The Hall–Kier alpha value is -1.38. The van der Waals surface area contributed by atoms with E-state index in [0.717, 1.165) is 17.7 Å². The summed E-state index contributed by atoms with van der Waals surface area (Å²) in [5.41, 5.74) is 7.78. The molecule has 1 amide bonds. The third kappa shape index (κ3) is 2.10. The lowest BCUT2D eigenvalue weighted by molar-refractivity contribution is 0.1000. The van der Waals surface area contributed by atoms with Gasteiger partial charge < -0.3 is 5.73 Å². The summed E-state index contributed by atoms with van der Waals surface area (Å²) < 4.78 is 0. The van der Waals surface area contributed by atoms with Gasteiger partial charge in [-0.3, -0.25) is 9.78 Å². The van der Waals surface area contributed by atoms with Crippen LogP contribution < -0.4 is 5.73 Å². The van der Waals surface area contributed by atoms with Gasteiger partial charge in [0.05, 0.1) is 5.56 Å². The van der Waals surface area contributed by atoms with Crippen molar-refractivity contribution in [1.82, 2.24) is 4.98 Å². The van der Waals surface area contributed by atoms with E-state index in [1.807, 2.05) is 13.0 Å². The molecule has 0 saturated carbocycles. The molecular weight excluding hydrogens is 176 g/mol. The smallest absolute Gasteiger partial charge is 0.250 e. The van der Waals surface area contributed by atoms with Crippen LogP contribution in [0.5, 0.6) is 0 Å². The number of pyridine rings is 1. The molecule has 0 fully saturated rings. The standard InChI is InChI=1S/C11H16N2O/c1-4-7(2)10-5-9(11(12)14)6-13-8(10)3/h5-7H,4H2,1-3H3,(H2,12,14). The van der Waals surface area contributed by atoms with Gasteiger partial charge in [0.1, 0.15) is 0 Å². The summed E-state index contributed by atoms with van der Waals surface area (Å²) in [5.74, 6) is 0.00357. The third-order valence-corrected chi connectivity index (χ3v) is 2.55. The Morgan fingerprint density at radius 3 is 2.79 bits per heavy atom. The summed E-state index contributed by atoms with van der Waals surface area (Å²) in [6.07, 6.45) is 2.56. The number of rotatable bonds is 3. The first-order chi connectivity index (χ1) is 6.56. The van der Waals surface area contributed by atoms with E-state index in [2.05, 4.69) is 18.8 Å². The molecule has 1 aromatic heterocycles. The Balaban J connectivity index is 3.14. The molecule has 2 N–H and O–H groups in total. The summed E-state index contributed by atoms with van der Waals surface area (Å²) in [4.78, 5) is 15.1. The summed E-state index contributed by atoms with van der Waals surface area (Å²) >= 11 is 0. The van der Waals surface area contributed by atoms with E-state index in [1.54, 1.807) is 0 Å². The molecule has 1 aromatic rings. The number of primary amides is 1. The molecule has 0 radical (unpaired) electrons. The summed E-state index contributed by atoms with van der Waals surface area (Å²) in [6, 6.07) is 1.85. The SMILES string of the molecule is CCC(C)c1cc(C(N)=O)cnc1C. The highest BCUT2D eigenvalue weighted by molar-refractivity contribution is 5.92. The van der Waals surface area contributed by atoms with Crippen molar-refractivity contribution in [2.45, 2.75) is 33.1 Å². The molecule has 76 valence electrons. The first-order valence-corrected chi connectivity index (χ1v) is 4.82. The summed E-state index contributed by atoms with van der Waals surface area (Å²) in [6.45, 7) is 6.18. The lowest BCUT2D eigenvalue weighted by Gasteiger charge is -2.12. The van der Waals surface area contributed by atoms with Gasteiger partial charge >= 0.3 is 0 Å². The van der Waals surface area contributed by atoms with Crippen LogP contribution in [0.1, 0.15) is 47.8 Å². The quantitative estimate of drug-likeness (QED) is 0.796. The van der Waals surface area contributed by atoms with Crippen molar-refractivity contribution in [2.75, 3.05) is 0 Å². The highest BCUT2D eigenvalue weighted by Gasteiger charge is 2.10. The second kappa shape index (κ2) is 4.22. The van der Waals surface area contributed by atoms with E-state index in [0.29, 0.717) is 11.5 Å². The van der Waals surface area contributed by atoms with Crippen LogP contribution in [0.2, 0.25) is 0 Å². The summed E-state index contributed by atoms with van der Waals surface area (Å²) in [5, 5.41) is 0. The first kappa shape index (κ1) is 10.7. The van der Waals surface area contributed by atoms with E-state index < -0.39 is 5.91 Å². The zero-order chi connectivity index (χ0) is 10.7. The fourth-order valence-electron chi connectivity index (χ4n) is 1.40. The molecule has 0 bridgehead atoms. The van der Waals surface area contributed by atoms with Gasteiger partial charge in [-0.25, -0.2) is 0 Å². The summed E-state index contributed by atoms with van der Waals surface area (Å²) in [7, 11) is 0. The number of aryl methyl sites for hydroxylation is 1. The van der Waals surface area contributed by atoms with Crippen molar-refractivity contribution in [3.05, 3.63) is 29.1 Å². The van der Waals surface area contributed by atoms with Crippen molar-refractivity contribution >= 4 is 5.91 Å². The van der Waals surface area contributed by atoms with Gasteiger partial charge in [-0.15, -0.1) is 0 Å². The van der Waals surface area contributed by atoms with Gasteiger partial charge in [0.25, 0.3) is 0 Å². The van der Waals surface area contributed by atoms with Crippen molar-refractivity contribution in [1.29, 1.82) is 0 Å². The van der Waals surface area contributed by atoms with Crippen LogP contribution in [0, 0.1) is 6.92 Å². The molecular formula is C11H16N2O. The van der Waals surface area contributed by atoms with Gasteiger partial charge in [-0.05, 0) is 30.9 Å². The van der Waals surface area contributed by atoms with E-state index >= 15 is 0 Å². The molecule has 0 spiro atoms. The topological polar surface area (TPSA) is 56.0 Å². The third-order valence-electron chi connectivity index (χ3n) is 2.55. The van der Waals surface area contributed by atoms with E-state index in [1.165, 1.54) is 6.20 Å². The first-order valence-electron chi connectivity index (χ1n) is 4.82.